The average Bonchev–Trinajstić information content (AvgIpc) is 2.75. The molecule has 0 saturated carbocycles. The predicted octanol–water partition coefficient (Wildman–Crippen LogP) is 1.62. The quantitative estimate of drug-likeness (QED) is 0.712. The van der Waals surface area contributed by atoms with Crippen LogP contribution in [0, 0.1) is 0 Å². The van der Waals surface area contributed by atoms with Crippen LogP contribution in [-0.4, -0.2) is 29.3 Å². The summed E-state index contributed by atoms with van der Waals surface area (Å²) in [6, 6.07) is -0.226. The third-order valence-electron chi connectivity index (χ3n) is 2.34. The fourth-order valence-electron chi connectivity index (χ4n) is 1.24. The van der Waals surface area contributed by atoms with E-state index in [1.165, 1.54) is 0 Å². The average molecular weight is 271 g/mol. The number of carbonyl (C=O) groups excluding carboxylic acids is 1. The van der Waals surface area contributed by atoms with E-state index in [0.717, 1.165) is 10.7 Å². The number of amides is 2. The lowest BCUT2D eigenvalue weighted by atomic mass is 9.93. The maximum atomic E-state index is 11.4. The molecule has 6 heteroatoms. The highest BCUT2D eigenvalue weighted by Crippen LogP contribution is 2.23. The number of hydrogen-bond donors (Lipinski definition) is 3. The minimum atomic E-state index is -0.226. The molecule has 1 heterocycles. The second-order valence-electron chi connectivity index (χ2n) is 5.06. The Hall–Kier alpha value is -1.14. The molecule has 0 aliphatic heterocycles. The van der Waals surface area contributed by atoms with Crippen molar-refractivity contribution in [1.29, 1.82) is 0 Å². The van der Waals surface area contributed by atoms with Crippen LogP contribution in [-0.2, 0) is 12.0 Å². The fraction of sp³-hybridized carbons (Fsp3) is 0.667. The molecule has 0 bridgehead atoms. The van der Waals surface area contributed by atoms with E-state index in [9.17, 15) is 4.79 Å². The Bertz CT molecular complexity index is 385. The highest BCUT2D eigenvalue weighted by molar-refractivity contribution is 7.09. The number of aliphatic hydroxyl groups excluding tert-OH is 1. The molecule has 0 aliphatic carbocycles. The molecule has 0 fully saturated rings. The summed E-state index contributed by atoms with van der Waals surface area (Å²) in [6.07, 6.45) is 0.568. The molecule has 2 amide bonds. The summed E-state index contributed by atoms with van der Waals surface area (Å²) in [7, 11) is 0. The van der Waals surface area contributed by atoms with Crippen LogP contribution >= 0.6 is 11.3 Å². The molecular weight excluding hydrogens is 250 g/mol. The zero-order valence-electron chi connectivity index (χ0n) is 11.1. The van der Waals surface area contributed by atoms with E-state index in [1.807, 2.05) is 5.38 Å². The van der Waals surface area contributed by atoms with Gasteiger partial charge in [0.15, 0.2) is 0 Å². The van der Waals surface area contributed by atoms with Crippen LogP contribution in [0.1, 0.15) is 37.9 Å². The Morgan fingerprint density at radius 3 is 2.72 bits per heavy atom. The third-order valence-corrected chi connectivity index (χ3v) is 3.19. The fourth-order valence-corrected chi connectivity index (χ4v) is 2.20. The van der Waals surface area contributed by atoms with E-state index in [1.54, 1.807) is 11.3 Å². The maximum absolute atomic E-state index is 11.4. The number of carbonyl (C=O) groups is 1. The van der Waals surface area contributed by atoms with E-state index >= 15 is 0 Å². The molecule has 1 aromatic rings. The summed E-state index contributed by atoms with van der Waals surface area (Å²) in [5.41, 5.74) is 1.09. The Morgan fingerprint density at radius 2 is 2.17 bits per heavy atom. The summed E-state index contributed by atoms with van der Waals surface area (Å²) in [5.74, 6) is 0. The molecule has 5 nitrogen and oxygen atoms in total. The van der Waals surface area contributed by atoms with Crippen molar-refractivity contribution in [2.75, 3.05) is 13.2 Å². The van der Waals surface area contributed by atoms with Crippen LogP contribution < -0.4 is 10.6 Å². The summed E-state index contributed by atoms with van der Waals surface area (Å²) < 4.78 is 0. The Labute approximate surface area is 112 Å². The summed E-state index contributed by atoms with van der Waals surface area (Å²) >= 11 is 1.55. The van der Waals surface area contributed by atoms with Gasteiger partial charge in [0.25, 0.3) is 0 Å². The van der Waals surface area contributed by atoms with E-state index in [4.69, 9.17) is 5.11 Å². The number of thiazole rings is 1. The molecule has 102 valence electrons. The standard InChI is InChI=1S/C12H21N3O2S/c1-12(2,3)9-8-18-10(15-9)7-14-11(17)13-5-4-6-16/h8,16H,4-7H2,1-3H3,(H2,13,14,17). The molecule has 18 heavy (non-hydrogen) atoms. The van der Waals surface area contributed by atoms with Crippen LogP contribution in [0.4, 0.5) is 4.79 Å². The van der Waals surface area contributed by atoms with Gasteiger partial charge < -0.3 is 15.7 Å². The third kappa shape index (κ3) is 5.01. The lowest BCUT2D eigenvalue weighted by Gasteiger charge is -2.14. The van der Waals surface area contributed by atoms with Crippen molar-refractivity contribution in [3.63, 3.8) is 0 Å². The molecule has 0 radical (unpaired) electrons. The van der Waals surface area contributed by atoms with Gasteiger partial charge in [-0.15, -0.1) is 11.3 Å². The van der Waals surface area contributed by atoms with Gasteiger partial charge in [0, 0.05) is 23.9 Å². The van der Waals surface area contributed by atoms with Crippen LogP contribution in [0.2, 0.25) is 0 Å². The molecule has 1 rings (SSSR count). The number of aliphatic hydroxyl groups is 1. The van der Waals surface area contributed by atoms with Gasteiger partial charge >= 0.3 is 6.03 Å². The Balaban J connectivity index is 2.35. The molecule has 3 N–H and O–H groups in total. The van der Waals surface area contributed by atoms with Crippen LogP contribution in [0.25, 0.3) is 0 Å². The van der Waals surface area contributed by atoms with Crippen LogP contribution in [0.3, 0.4) is 0 Å². The van der Waals surface area contributed by atoms with Gasteiger partial charge in [-0.2, -0.15) is 0 Å². The van der Waals surface area contributed by atoms with Crippen molar-refractivity contribution >= 4 is 17.4 Å². The van der Waals surface area contributed by atoms with Crippen molar-refractivity contribution in [3.8, 4) is 0 Å². The number of nitrogens with one attached hydrogen (secondary N) is 2. The molecule has 0 unspecified atom stereocenters. The number of hydrogen-bond acceptors (Lipinski definition) is 4. The minimum absolute atomic E-state index is 0.0398. The molecule has 0 saturated heterocycles. The zero-order chi connectivity index (χ0) is 13.6. The first-order valence-corrected chi connectivity index (χ1v) is 6.89. The van der Waals surface area contributed by atoms with E-state index in [0.29, 0.717) is 19.5 Å². The first-order valence-electron chi connectivity index (χ1n) is 6.01. The van der Waals surface area contributed by atoms with Gasteiger partial charge in [0.05, 0.1) is 12.2 Å². The van der Waals surface area contributed by atoms with Gasteiger partial charge in [-0.05, 0) is 6.42 Å². The molecule has 0 atom stereocenters. The minimum Gasteiger partial charge on any atom is -0.396 e. The van der Waals surface area contributed by atoms with Gasteiger partial charge in [0.1, 0.15) is 5.01 Å². The van der Waals surface area contributed by atoms with Crippen LogP contribution in [0.15, 0.2) is 5.38 Å². The topological polar surface area (TPSA) is 74.2 Å². The number of aromatic nitrogens is 1. The van der Waals surface area contributed by atoms with Crippen molar-refractivity contribution in [2.24, 2.45) is 0 Å². The number of urea groups is 1. The van der Waals surface area contributed by atoms with Gasteiger partial charge in [-0.25, -0.2) is 9.78 Å². The lowest BCUT2D eigenvalue weighted by Crippen LogP contribution is -2.35. The lowest BCUT2D eigenvalue weighted by molar-refractivity contribution is 0.237. The monoisotopic (exact) mass is 271 g/mol. The van der Waals surface area contributed by atoms with E-state index in [2.05, 4.69) is 36.4 Å². The molecule has 1 aromatic heterocycles. The molecule has 0 aromatic carbocycles. The van der Waals surface area contributed by atoms with Crippen molar-refractivity contribution in [1.82, 2.24) is 15.6 Å². The summed E-state index contributed by atoms with van der Waals surface area (Å²) in [4.78, 5) is 15.9. The molecule has 0 aliphatic rings. The second kappa shape index (κ2) is 6.70. The van der Waals surface area contributed by atoms with Gasteiger partial charge in [-0.3, -0.25) is 0 Å². The predicted molar refractivity (Wildman–Crippen MR) is 72.8 cm³/mol. The maximum Gasteiger partial charge on any atom is 0.315 e. The molecule has 0 spiro atoms. The van der Waals surface area contributed by atoms with Crippen molar-refractivity contribution < 1.29 is 9.90 Å². The Morgan fingerprint density at radius 1 is 1.44 bits per heavy atom. The summed E-state index contributed by atoms with van der Waals surface area (Å²) in [6.45, 7) is 7.34. The highest BCUT2D eigenvalue weighted by Gasteiger charge is 2.17. The van der Waals surface area contributed by atoms with Crippen molar-refractivity contribution in [3.05, 3.63) is 16.1 Å². The summed E-state index contributed by atoms with van der Waals surface area (Å²) in [5, 5.41) is 16.9. The first-order chi connectivity index (χ1) is 8.43. The van der Waals surface area contributed by atoms with Crippen LogP contribution in [0.5, 0.6) is 0 Å². The van der Waals surface area contributed by atoms with Crippen molar-refractivity contribution in [2.45, 2.75) is 39.2 Å². The largest absolute Gasteiger partial charge is 0.396 e. The number of nitrogens with zero attached hydrogens (tertiary/aromatic N) is 1. The second-order valence-corrected chi connectivity index (χ2v) is 6.01. The zero-order valence-corrected chi connectivity index (χ0v) is 11.9. The van der Waals surface area contributed by atoms with E-state index in [-0.39, 0.29) is 18.1 Å². The SMILES string of the molecule is CC(C)(C)c1csc(CNC(=O)NCCCO)n1. The number of rotatable bonds is 5. The van der Waals surface area contributed by atoms with E-state index < -0.39 is 0 Å². The first kappa shape index (κ1) is 14.9. The highest BCUT2D eigenvalue weighted by atomic mass is 32.1. The normalized spacial score (nSPS) is 11.3. The smallest absolute Gasteiger partial charge is 0.315 e. The Kier molecular flexibility index (Phi) is 5.55. The van der Waals surface area contributed by atoms with Gasteiger partial charge in [-0.1, -0.05) is 20.8 Å². The molecular formula is C12H21N3O2S. The van der Waals surface area contributed by atoms with Gasteiger partial charge in [0.2, 0.25) is 0 Å².